The lowest BCUT2D eigenvalue weighted by Crippen LogP contribution is -2.59. The number of nitrogens with zero attached hydrogens (tertiary/aromatic N) is 6. The highest BCUT2D eigenvalue weighted by Gasteiger charge is 2.46. The Morgan fingerprint density at radius 3 is 2.33 bits per heavy atom. The van der Waals surface area contributed by atoms with Gasteiger partial charge in [-0.3, -0.25) is 29.0 Å². The van der Waals surface area contributed by atoms with Crippen LogP contribution in [-0.2, 0) is 39.6 Å². The van der Waals surface area contributed by atoms with Gasteiger partial charge in [0.05, 0.1) is 53.9 Å². The van der Waals surface area contributed by atoms with Crippen molar-refractivity contribution in [2.24, 2.45) is 11.8 Å². The summed E-state index contributed by atoms with van der Waals surface area (Å²) in [5, 5.41) is 12.9. The number of ether oxygens (including phenoxy) is 2. The molecule has 2 aliphatic heterocycles. The number of aromatic nitrogens is 3. The predicted octanol–water partition coefficient (Wildman–Crippen LogP) is 6.72. The summed E-state index contributed by atoms with van der Waals surface area (Å²) in [5.74, 6) is -0.903. The van der Waals surface area contributed by atoms with Crippen LogP contribution in [0.5, 0.6) is 0 Å². The second-order valence-corrected chi connectivity index (χ2v) is 21.7. The zero-order valence-electron chi connectivity index (χ0n) is 44.0. The molecule has 5 fully saturated rings. The first kappa shape index (κ1) is 55.8. The molecule has 3 aliphatic carbocycles. The van der Waals surface area contributed by atoms with Gasteiger partial charge in [0, 0.05) is 80.9 Å². The van der Waals surface area contributed by atoms with E-state index in [1.807, 2.05) is 24.0 Å². The van der Waals surface area contributed by atoms with Crippen LogP contribution in [0.1, 0.15) is 141 Å². The van der Waals surface area contributed by atoms with Crippen molar-refractivity contribution in [2.75, 3.05) is 45.2 Å². The van der Waals surface area contributed by atoms with Crippen LogP contribution in [-0.4, -0.2) is 148 Å². The predicted molar refractivity (Wildman–Crippen MR) is 276 cm³/mol. The number of hydrogen-bond donors (Lipinski definition) is 4. The lowest BCUT2D eigenvalue weighted by Gasteiger charge is -2.45. The first-order valence-electron chi connectivity index (χ1n) is 27.5. The number of alkyl halides is 3. The van der Waals surface area contributed by atoms with Crippen molar-refractivity contribution in [3.63, 3.8) is 0 Å². The maximum atomic E-state index is 14.1. The van der Waals surface area contributed by atoms with Crippen molar-refractivity contribution < 1.29 is 46.6 Å². The summed E-state index contributed by atoms with van der Waals surface area (Å²) < 4.78 is 53.2. The van der Waals surface area contributed by atoms with Crippen LogP contribution in [0.4, 0.5) is 19.0 Å². The second-order valence-electron chi connectivity index (χ2n) is 21.7. The molecule has 1 aromatic carbocycles. The molecule has 2 aromatic heterocycles. The molecule has 3 aromatic rings. The third kappa shape index (κ3) is 14.1. The first-order valence-corrected chi connectivity index (χ1v) is 27.5. The summed E-state index contributed by atoms with van der Waals surface area (Å²) in [6.45, 7) is 8.58. The minimum absolute atomic E-state index is 0.0110. The van der Waals surface area contributed by atoms with Gasteiger partial charge >= 0.3 is 6.18 Å². The molecule has 0 bridgehead atoms. The summed E-state index contributed by atoms with van der Waals surface area (Å²) in [6, 6.07) is 5.99. The van der Waals surface area contributed by atoms with Crippen LogP contribution in [0.3, 0.4) is 0 Å². The van der Waals surface area contributed by atoms with E-state index in [0.717, 1.165) is 56.2 Å². The lowest BCUT2D eigenvalue weighted by molar-refractivity contribution is -0.137. The highest BCUT2D eigenvalue weighted by Crippen LogP contribution is 2.39. The number of likely N-dealkylation sites (tertiary alicyclic amines) is 2. The van der Waals surface area contributed by atoms with Crippen molar-refractivity contribution in [1.29, 1.82) is 0 Å². The fraction of sp³-hybridized carbons (Fsp3) is 0.673. The number of carbonyl (C=O) groups excluding carboxylic acids is 5. The Morgan fingerprint density at radius 2 is 1.64 bits per heavy atom. The molecule has 4 heterocycles. The van der Waals surface area contributed by atoms with E-state index < -0.39 is 23.7 Å². The van der Waals surface area contributed by atoms with Gasteiger partial charge in [-0.25, -0.2) is 9.97 Å². The van der Waals surface area contributed by atoms with Crippen LogP contribution in [0.15, 0.2) is 49.1 Å². The molecular formula is C55H77F3N10O7. The largest absolute Gasteiger partial charge is 0.416 e. The topological polar surface area (TPSA) is 200 Å². The SMILES string of the molecule is CCCN1C(=O)C[C@H](C(=O)NCCOC2CCC(OCCCC(=O)NC3CCC(C(=O)N[C@@H]4C[C@H](N(C)C(C)C)CC[C@@H]4N4CC[C@H](Nc5ncnc6ccc(C(F)(F)F)cc56)C4=O)CC3)CC2)[C@H]1c1cccnc1. The van der Waals surface area contributed by atoms with Gasteiger partial charge in [0.15, 0.2) is 0 Å². The third-order valence-corrected chi connectivity index (χ3v) is 16.4. The summed E-state index contributed by atoms with van der Waals surface area (Å²) in [5.41, 5.74) is 0.384. The summed E-state index contributed by atoms with van der Waals surface area (Å²) in [6.07, 6.45) is 11.0. The molecule has 0 radical (unpaired) electrons. The van der Waals surface area contributed by atoms with E-state index >= 15 is 0 Å². The number of halogens is 3. The van der Waals surface area contributed by atoms with Crippen LogP contribution >= 0.6 is 0 Å². The number of amides is 5. The van der Waals surface area contributed by atoms with Crippen molar-refractivity contribution in [3.05, 3.63) is 60.2 Å². The zero-order chi connectivity index (χ0) is 53.2. The smallest absolute Gasteiger partial charge is 0.378 e. The molecule has 4 N–H and O–H groups in total. The van der Waals surface area contributed by atoms with Gasteiger partial charge in [-0.2, -0.15) is 13.2 Å². The number of rotatable bonds is 21. The average molecular weight is 1050 g/mol. The van der Waals surface area contributed by atoms with Gasteiger partial charge in [-0.1, -0.05) is 13.0 Å². The Balaban J connectivity index is 0.722. The minimum Gasteiger partial charge on any atom is -0.378 e. The van der Waals surface area contributed by atoms with E-state index in [9.17, 15) is 37.1 Å². The Hall–Kier alpha value is -5.47. The first-order chi connectivity index (χ1) is 36.1. The van der Waals surface area contributed by atoms with Crippen LogP contribution in [0, 0.1) is 11.8 Å². The van der Waals surface area contributed by atoms with E-state index in [2.05, 4.69) is 62.0 Å². The number of carbonyl (C=O) groups is 5. The molecule has 0 spiro atoms. The fourth-order valence-electron chi connectivity index (χ4n) is 12.1. The van der Waals surface area contributed by atoms with E-state index in [-0.39, 0.29) is 95.5 Å². The third-order valence-electron chi connectivity index (χ3n) is 16.4. The molecule has 17 nitrogen and oxygen atoms in total. The average Bonchev–Trinajstić information content (AvgIpc) is 3.94. The molecule has 0 unspecified atom stereocenters. The van der Waals surface area contributed by atoms with E-state index in [1.54, 1.807) is 17.3 Å². The number of nitrogens with one attached hydrogen (secondary N) is 4. The summed E-state index contributed by atoms with van der Waals surface area (Å²) in [7, 11) is 2.09. The van der Waals surface area contributed by atoms with Gasteiger partial charge in [0.25, 0.3) is 0 Å². The summed E-state index contributed by atoms with van der Waals surface area (Å²) >= 11 is 0. The highest BCUT2D eigenvalue weighted by molar-refractivity contribution is 5.93. The van der Waals surface area contributed by atoms with Crippen LogP contribution < -0.4 is 21.3 Å². The molecule has 6 atom stereocenters. The number of fused-ring (bicyclic) bond motifs is 1. The van der Waals surface area contributed by atoms with Crippen molar-refractivity contribution >= 4 is 46.3 Å². The standard InChI is InChI=1S/C55H77F3N10O7/c1-5-25-68-49(70)31-43(50(68)36-8-6-23-59-32-36)53(72)60-24-28-75-41-18-16-40(17-19-41)74-27-7-9-48(69)63-38-13-10-35(11-14-38)52(71)65-46-30-39(66(4)34(2)3)15-21-47(46)67-26-22-45(54(67)73)64-51-42-29-37(55(56,57)58)12-20-44(42)61-33-62-51/h6,8,12,20,23,29,32-35,38-41,43,45-47,50H,5,7,9-11,13-19,21-22,24-28,30-31H2,1-4H3,(H,60,72)(H,63,69)(H,65,71)(H,61,62,64)/t35?,38?,39-,40?,41?,43+,45+,46-,47+,50-/m1/s1. The number of pyridine rings is 1. The van der Waals surface area contributed by atoms with Crippen LogP contribution in [0.2, 0.25) is 0 Å². The molecule has 410 valence electrons. The van der Waals surface area contributed by atoms with Crippen molar-refractivity contribution in [3.8, 4) is 0 Å². The maximum absolute atomic E-state index is 14.1. The minimum atomic E-state index is -4.55. The Kier molecular flexibility index (Phi) is 19.0. The quantitative estimate of drug-likeness (QED) is 0.0823. The Morgan fingerprint density at radius 1 is 0.893 bits per heavy atom. The van der Waals surface area contributed by atoms with E-state index in [0.29, 0.717) is 102 Å². The lowest BCUT2D eigenvalue weighted by atomic mass is 9.82. The number of anilines is 1. The van der Waals surface area contributed by atoms with E-state index in [4.69, 9.17) is 9.47 Å². The molecule has 3 saturated carbocycles. The Labute approximate surface area is 438 Å². The molecular weight excluding hydrogens is 970 g/mol. The Bertz CT molecular complexity index is 2420. The van der Waals surface area contributed by atoms with Crippen LogP contribution in [0.25, 0.3) is 10.9 Å². The molecule has 2 saturated heterocycles. The van der Waals surface area contributed by atoms with Crippen molar-refractivity contribution in [1.82, 2.24) is 45.6 Å². The molecule has 5 amide bonds. The van der Waals surface area contributed by atoms with Gasteiger partial charge in [-0.15, -0.1) is 0 Å². The fourth-order valence-corrected chi connectivity index (χ4v) is 12.1. The number of hydrogen-bond acceptors (Lipinski definition) is 12. The highest BCUT2D eigenvalue weighted by atomic mass is 19.4. The monoisotopic (exact) mass is 1050 g/mol. The number of benzene rings is 1. The normalized spacial score (nSPS) is 27.5. The maximum Gasteiger partial charge on any atom is 0.416 e. The second kappa shape index (κ2) is 25.6. The van der Waals surface area contributed by atoms with Gasteiger partial charge in [0.2, 0.25) is 29.5 Å². The molecule has 8 rings (SSSR count). The zero-order valence-corrected chi connectivity index (χ0v) is 44.0. The van der Waals surface area contributed by atoms with E-state index in [1.165, 1.54) is 12.4 Å². The molecule has 20 heteroatoms. The summed E-state index contributed by atoms with van der Waals surface area (Å²) in [4.78, 5) is 85.9. The molecule has 5 aliphatic rings. The molecule has 75 heavy (non-hydrogen) atoms. The van der Waals surface area contributed by atoms with Crippen molar-refractivity contribution in [2.45, 2.75) is 184 Å². The van der Waals surface area contributed by atoms with Gasteiger partial charge in [0.1, 0.15) is 18.2 Å². The van der Waals surface area contributed by atoms with Gasteiger partial charge < -0.3 is 45.4 Å². The van der Waals surface area contributed by atoms with Gasteiger partial charge in [-0.05, 0) is 141 Å².